The van der Waals surface area contributed by atoms with Crippen LogP contribution in [-0.2, 0) is 19.0 Å². The van der Waals surface area contributed by atoms with E-state index in [1.165, 1.54) is 6.92 Å². The van der Waals surface area contributed by atoms with Crippen LogP contribution in [0.4, 0.5) is 0 Å². The summed E-state index contributed by atoms with van der Waals surface area (Å²) in [5.74, 6) is 0.0328. The Hall–Kier alpha value is -0.490. The van der Waals surface area contributed by atoms with Gasteiger partial charge in [0.15, 0.2) is 5.78 Å². The van der Waals surface area contributed by atoms with Gasteiger partial charge in [0, 0.05) is 6.54 Å². The second kappa shape index (κ2) is 26.1. The van der Waals surface area contributed by atoms with Crippen LogP contribution in [0.5, 0.6) is 0 Å². The normalized spacial score (nSPS) is 8.95. The van der Waals surface area contributed by atoms with E-state index in [2.05, 4.69) is 5.32 Å². The summed E-state index contributed by atoms with van der Waals surface area (Å²) in [5, 5.41) is 2.98. The third-order valence-electron chi connectivity index (χ3n) is 1.55. The Labute approximate surface area is 119 Å². The SMILES string of the molecule is CC.CC.CNCCOCCOCCOCC(C)=O. The monoisotopic (exact) mass is 279 g/mol. The Bertz CT molecular complexity index is 154. The number of hydrogen-bond donors (Lipinski definition) is 1. The Morgan fingerprint density at radius 3 is 1.68 bits per heavy atom. The standard InChI is InChI=1S/C10H21NO4.2C2H6/c1-10(12)9-15-8-7-14-6-5-13-4-3-11-2;2*1-2/h11H,3-9H2,1-2H3;2*1-2H3. The molecule has 1 N–H and O–H groups in total. The van der Waals surface area contributed by atoms with Gasteiger partial charge < -0.3 is 19.5 Å². The zero-order valence-electron chi connectivity index (χ0n) is 13.6. The van der Waals surface area contributed by atoms with Gasteiger partial charge in [-0.1, -0.05) is 27.7 Å². The minimum atomic E-state index is 0.0328. The Morgan fingerprint density at radius 2 is 1.26 bits per heavy atom. The first-order chi connectivity index (χ1) is 9.27. The zero-order chi connectivity index (χ0) is 15.4. The Balaban J connectivity index is -0.000000579. The summed E-state index contributed by atoms with van der Waals surface area (Å²) in [7, 11) is 1.88. The average molecular weight is 279 g/mol. The number of ketones is 1. The molecule has 5 heteroatoms. The van der Waals surface area contributed by atoms with E-state index < -0.39 is 0 Å². The van der Waals surface area contributed by atoms with Crippen molar-refractivity contribution in [2.45, 2.75) is 34.6 Å². The number of nitrogens with one attached hydrogen (secondary N) is 1. The largest absolute Gasteiger partial charge is 0.378 e. The Kier molecular flexibility index (Phi) is 32.5. The van der Waals surface area contributed by atoms with E-state index in [1.807, 2.05) is 34.7 Å². The molecule has 0 heterocycles. The van der Waals surface area contributed by atoms with E-state index in [-0.39, 0.29) is 12.4 Å². The van der Waals surface area contributed by atoms with Crippen molar-refractivity contribution >= 4 is 5.78 Å². The van der Waals surface area contributed by atoms with E-state index in [9.17, 15) is 4.79 Å². The summed E-state index contributed by atoms with van der Waals surface area (Å²) in [5.41, 5.74) is 0. The molecule has 0 amide bonds. The minimum Gasteiger partial charge on any atom is -0.378 e. The third-order valence-corrected chi connectivity index (χ3v) is 1.55. The Morgan fingerprint density at radius 1 is 0.842 bits per heavy atom. The molecular formula is C14H33NO4. The summed E-state index contributed by atoms with van der Waals surface area (Å²) in [6, 6.07) is 0. The number of rotatable bonds is 11. The van der Waals surface area contributed by atoms with Crippen LogP contribution in [0.25, 0.3) is 0 Å². The molecule has 0 saturated carbocycles. The highest BCUT2D eigenvalue weighted by atomic mass is 16.5. The van der Waals surface area contributed by atoms with Crippen molar-refractivity contribution in [3.63, 3.8) is 0 Å². The lowest BCUT2D eigenvalue weighted by Crippen LogP contribution is -2.17. The second-order valence-corrected chi connectivity index (χ2v) is 3.08. The summed E-state index contributed by atoms with van der Waals surface area (Å²) < 4.78 is 15.5. The molecule has 0 atom stereocenters. The zero-order valence-corrected chi connectivity index (χ0v) is 13.6. The molecule has 0 saturated heterocycles. The number of carbonyl (C=O) groups is 1. The first kappa shape index (κ1) is 23.6. The molecule has 0 rings (SSSR count). The maximum atomic E-state index is 10.5. The smallest absolute Gasteiger partial charge is 0.155 e. The molecule has 0 bridgehead atoms. The molecule has 0 aromatic heterocycles. The average Bonchev–Trinajstić information content (AvgIpc) is 2.45. The predicted molar refractivity (Wildman–Crippen MR) is 79.8 cm³/mol. The highest BCUT2D eigenvalue weighted by Gasteiger charge is 1.93. The summed E-state index contributed by atoms with van der Waals surface area (Å²) >= 11 is 0. The van der Waals surface area contributed by atoms with Crippen molar-refractivity contribution in [2.24, 2.45) is 0 Å². The third kappa shape index (κ3) is 31.8. The van der Waals surface area contributed by atoms with Gasteiger partial charge in [0.25, 0.3) is 0 Å². The highest BCUT2D eigenvalue weighted by Crippen LogP contribution is 1.81. The van der Waals surface area contributed by atoms with Gasteiger partial charge >= 0.3 is 0 Å². The molecule has 118 valence electrons. The second-order valence-electron chi connectivity index (χ2n) is 3.08. The van der Waals surface area contributed by atoms with Gasteiger partial charge in [0.05, 0.1) is 33.0 Å². The van der Waals surface area contributed by atoms with Crippen LogP contribution in [-0.4, -0.2) is 59.0 Å². The first-order valence-electron chi connectivity index (χ1n) is 7.14. The van der Waals surface area contributed by atoms with Crippen molar-refractivity contribution < 1.29 is 19.0 Å². The molecule has 0 aromatic rings. The van der Waals surface area contributed by atoms with Crippen LogP contribution in [0.1, 0.15) is 34.6 Å². The predicted octanol–water partition coefficient (Wildman–Crippen LogP) is 1.90. The fourth-order valence-electron chi connectivity index (χ4n) is 0.830. The van der Waals surface area contributed by atoms with E-state index in [0.29, 0.717) is 33.0 Å². The van der Waals surface area contributed by atoms with Gasteiger partial charge in [-0.15, -0.1) is 0 Å². The summed E-state index contributed by atoms with van der Waals surface area (Å²) in [6.45, 7) is 13.3. The molecule has 0 fully saturated rings. The van der Waals surface area contributed by atoms with E-state index in [1.54, 1.807) is 0 Å². The van der Waals surface area contributed by atoms with Crippen molar-refractivity contribution in [3.8, 4) is 0 Å². The van der Waals surface area contributed by atoms with Gasteiger partial charge in [-0.25, -0.2) is 0 Å². The van der Waals surface area contributed by atoms with Crippen LogP contribution in [0.3, 0.4) is 0 Å². The van der Waals surface area contributed by atoms with Gasteiger partial charge in [0.2, 0.25) is 0 Å². The maximum Gasteiger partial charge on any atom is 0.155 e. The molecule has 0 spiro atoms. The molecule has 0 aromatic carbocycles. The van der Waals surface area contributed by atoms with E-state index >= 15 is 0 Å². The van der Waals surface area contributed by atoms with E-state index in [0.717, 1.165) is 6.54 Å². The number of likely N-dealkylation sites (N-methyl/N-ethyl adjacent to an activating group) is 1. The van der Waals surface area contributed by atoms with Crippen LogP contribution in [0.15, 0.2) is 0 Å². The fourth-order valence-corrected chi connectivity index (χ4v) is 0.830. The molecule has 0 aliphatic heterocycles. The van der Waals surface area contributed by atoms with Crippen molar-refractivity contribution in [1.29, 1.82) is 0 Å². The molecule has 5 nitrogen and oxygen atoms in total. The van der Waals surface area contributed by atoms with Gasteiger partial charge in [-0.05, 0) is 14.0 Å². The first-order valence-corrected chi connectivity index (χ1v) is 7.14. The van der Waals surface area contributed by atoms with Crippen LogP contribution < -0.4 is 5.32 Å². The quantitative estimate of drug-likeness (QED) is 0.585. The molecule has 0 aliphatic carbocycles. The maximum absolute atomic E-state index is 10.5. The molecule has 0 unspecified atom stereocenters. The summed E-state index contributed by atoms with van der Waals surface area (Å²) in [6.07, 6.45) is 0. The van der Waals surface area contributed by atoms with Crippen LogP contribution >= 0.6 is 0 Å². The van der Waals surface area contributed by atoms with Gasteiger partial charge in [-0.3, -0.25) is 4.79 Å². The van der Waals surface area contributed by atoms with Crippen molar-refractivity contribution in [2.75, 3.05) is 53.2 Å². The lowest BCUT2D eigenvalue weighted by molar-refractivity contribution is -0.122. The highest BCUT2D eigenvalue weighted by molar-refractivity contribution is 5.76. The lowest BCUT2D eigenvalue weighted by Gasteiger charge is -2.05. The number of ether oxygens (including phenoxy) is 3. The van der Waals surface area contributed by atoms with Crippen LogP contribution in [0, 0.1) is 0 Å². The van der Waals surface area contributed by atoms with Crippen LogP contribution in [0.2, 0.25) is 0 Å². The fraction of sp³-hybridized carbons (Fsp3) is 0.929. The van der Waals surface area contributed by atoms with Crippen molar-refractivity contribution in [3.05, 3.63) is 0 Å². The molecule has 0 radical (unpaired) electrons. The lowest BCUT2D eigenvalue weighted by atomic mass is 10.5. The number of Topliss-reactive ketones (excluding diaryl/α,β-unsaturated/α-hetero) is 1. The van der Waals surface area contributed by atoms with Crippen molar-refractivity contribution in [1.82, 2.24) is 5.32 Å². The minimum absolute atomic E-state index is 0.0328. The number of carbonyl (C=O) groups excluding carboxylic acids is 1. The molecule has 19 heavy (non-hydrogen) atoms. The molecule has 0 aliphatic rings. The van der Waals surface area contributed by atoms with Gasteiger partial charge in [-0.2, -0.15) is 0 Å². The summed E-state index contributed by atoms with van der Waals surface area (Å²) in [4.78, 5) is 10.5. The van der Waals surface area contributed by atoms with E-state index in [4.69, 9.17) is 14.2 Å². The topological polar surface area (TPSA) is 56.8 Å². The van der Waals surface area contributed by atoms with Gasteiger partial charge in [0.1, 0.15) is 6.61 Å². The number of hydrogen-bond acceptors (Lipinski definition) is 5. The molecular weight excluding hydrogens is 246 g/mol.